The van der Waals surface area contributed by atoms with Crippen LogP contribution in [0, 0.1) is 5.92 Å². The Kier molecular flexibility index (Phi) is 6.92. The molecular weight excluding hydrogens is 206 g/mol. The molecule has 0 fully saturated rings. The smallest absolute Gasteiger partial charge is 0.326 e. The van der Waals surface area contributed by atoms with Crippen molar-refractivity contribution in [1.29, 1.82) is 0 Å². The standard InChI is InChI=1S/C12H19NO3/c1-4-6-7-8-10(14)13-11(12(15)16)9(3)5-2/h4,6-9,11H,5H2,1-3H3,(H,13,14)(H,15,16)/b6-4+,8-7+/t9-,11-/m0/s1. The van der Waals surface area contributed by atoms with Gasteiger partial charge in [-0.05, 0) is 12.8 Å². The summed E-state index contributed by atoms with van der Waals surface area (Å²) in [6.07, 6.45) is 7.09. The topological polar surface area (TPSA) is 66.4 Å². The van der Waals surface area contributed by atoms with Crippen LogP contribution in [-0.2, 0) is 9.59 Å². The van der Waals surface area contributed by atoms with Crippen LogP contribution in [0.3, 0.4) is 0 Å². The van der Waals surface area contributed by atoms with E-state index in [0.29, 0.717) is 6.42 Å². The van der Waals surface area contributed by atoms with Gasteiger partial charge in [-0.2, -0.15) is 0 Å². The molecule has 0 aromatic heterocycles. The van der Waals surface area contributed by atoms with Crippen LogP contribution in [0.4, 0.5) is 0 Å². The molecule has 0 aliphatic heterocycles. The van der Waals surface area contributed by atoms with Crippen molar-refractivity contribution in [3.63, 3.8) is 0 Å². The van der Waals surface area contributed by atoms with Crippen LogP contribution in [0.15, 0.2) is 24.3 Å². The molecule has 90 valence electrons. The summed E-state index contributed by atoms with van der Waals surface area (Å²) in [5, 5.41) is 11.4. The first-order valence-electron chi connectivity index (χ1n) is 5.35. The first kappa shape index (κ1) is 14.4. The second-order valence-corrected chi connectivity index (χ2v) is 3.59. The Morgan fingerprint density at radius 2 is 2.00 bits per heavy atom. The third kappa shape index (κ3) is 5.34. The Hall–Kier alpha value is -1.58. The number of hydrogen-bond acceptors (Lipinski definition) is 2. The van der Waals surface area contributed by atoms with Crippen LogP contribution >= 0.6 is 0 Å². The Bertz CT molecular complexity index is 295. The molecule has 1 amide bonds. The number of carbonyl (C=O) groups excluding carboxylic acids is 1. The minimum Gasteiger partial charge on any atom is -0.480 e. The van der Waals surface area contributed by atoms with Crippen molar-refractivity contribution < 1.29 is 14.7 Å². The summed E-state index contributed by atoms with van der Waals surface area (Å²) in [4.78, 5) is 22.3. The summed E-state index contributed by atoms with van der Waals surface area (Å²) < 4.78 is 0. The molecule has 0 saturated heterocycles. The highest BCUT2D eigenvalue weighted by Gasteiger charge is 2.24. The van der Waals surface area contributed by atoms with Gasteiger partial charge in [-0.25, -0.2) is 4.79 Å². The molecule has 0 aromatic rings. The van der Waals surface area contributed by atoms with Crippen LogP contribution in [0.2, 0.25) is 0 Å². The van der Waals surface area contributed by atoms with Gasteiger partial charge in [0.15, 0.2) is 0 Å². The van der Waals surface area contributed by atoms with Gasteiger partial charge in [0.2, 0.25) is 5.91 Å². The molecule has 4 nitrogen and oxygen atoms in total. The monoisotopic (exact) mass is 225 g/mol. The van der Waals surface area contributed by atoms with Crippen molar-refractivity contribution in [3.8, 4) is 0 Å². The van der Waals surface area contributed by atoms with Crippen LogP contribution in [-0.4, -0.2) is 23.0 Å². The van der Waals surface area contributed by atoms with Crippen molar-refractivity contribution in [2.45, 2.75) is 33.2 Å². The summed E-state index contributed by atoms with van der Waals surface area (Å²) in [5.74, 6) is -1.47. The van der Waals surface area contributed by atoms with Gasteiger partial charge in [-0.1, -0.05) is 38.5 Å². The number of carboxylic acid groups (broad SMARTS) is 1. The van der Waals surface area contributed by atoms with Crippen LogP contribution in [0.5, 0.6) is 0 Å². The molecule has 0 aromatic carbocycles. The van der Waals surface area contributed by atoms with Gasteiger partial charge in [0, 0.05) is 6.08 Å². The normalized spacial score (nSPS) is 15.2. The van der Waals surface area contributed by atoms with E-state index in [1.807, 2.05) is 13.8 Å². The van der Waals surface area contributed by atoms with Crippen LogP contribution in [0.25, 0.3) is 0 Å². The van der Waals surface area contributed by atoms with Gasteiger partial charge >= 0.3 is 5.97 Å². The van der Waals surface area contributed by atoms with Gasteiger partial charge in [-0.15, -0.1) is 0 Å². The Morgan fingerprint density at radius 1 is 1.38 bits per heavy atom. The maximum Gasteiger partial charge on any atom is 0.326 e. The van der Waals surface area contributed by atoms with Gasteiger partial charge in [0.25, 0.3) is 0 Å². The number of rotatable bonds is 6. The average Bonchev–Trinajstić information content (AvgIpc) is 2.25. The third-order valence-corrected chi connectivity index (χ3v) is 2.33. The van der Waals surface area contributed by atoms with Crippen molar-refractivity contribution in [2.75, 3.05) is 0 Å². The minimum absolute atomic E-state index is 0.0865. The molecule has 0 rings (SSSR count). The van der Waals surface area contributed by atoms with Crippen LogP contribution < -0.4 is 5.32 Å². The molecule has 0 saturated carbocycles. The van der Waals surface area contributed by atoms with E-state index in [-0.39, 0.29) is 11.8 Å². The molecule has 0 bridgehead atoms. The molecule has 16 heavy (non-hydrogen) atoms. The van der Waals surface area contributed by atoms with Gasteiger partial charge in [0.05, 0.1) is 0 Å². The molecule has 0 aliphatic rings. The lowest BCUT2D eigenvalue weighted by molar-refractivity contribution is -0.142. The number of hydrogen-bond donors (Lipinski definition) is 2. The zero-order valence-electron chi connectivity index (χ0n) is 9.93. The Labute approximate surface area is 96.0 Å². The number of carboxylic acids is 1. The molecule has 2 N–H and O–H groups in total. The minimum atomic E-state index is -0.998. The highest BCUT2D eigenvalue weighted by molar-refractivity contribution is 5.91. The van der Waals surface area contributed by atoms with Gasteiger partial charge in [0.1, 0.15) is 6.04 Å². The Morgan fingerprint density at radius 3 is 2.44 bits per heavy atom. The fourth-order valence-corrected chi connectivity index (χ4v) is 1.14. The van der Waals surface area contributed by atoms with E-state index < -0.39 is 12.0 Å². The van der Waals surface area contributed by atoms with E-state index in [2.05, 4.69) is 5.32 Å². The van der Waals surface area contributed by atoms with Gasteiger partial charge in [-0.3, -0.25) is 4.79 Å². The van der Waals surface area contributed by atoms with E-state index in [1.165, 1.54) is 6.08 Å². The fraction of sp³-hybridized carbons (Fsp3) is 0.500. The number of allylic oxidation sites excluding steroid dienone is 3. The second kappa shape index (κ2) is 7.68. The molecule has 0 radical (unpaired) electrons. The molecule has 2 atom stereocenters. The van der Waals surface area contributed by atoms with Crippen molar-refractivity contribution >= 4 is 11.9 Å². The van der Waals surface area contributed by atoms with E-state index in [0.717, 1.165) is 0 Å². The lowest BCUT2D eigenvalue weighted by Crippen LogP contribution is -2.44. The zero-order chi connectivity index (χ0) is 12.6. The molecule has 4 heteroatoms. The number of aliphatic carboxylic acids is 1. The number of amides is 1. The first-order chi connectivity index (χ1) is 7.52. The summed E-state index contributed by atoms with van der Waals surface area (Å²) in [7, 11) is 0. The predicted molar refractivity (Wildman–Crippen MR) is 63.0 cm³/mol. The Balaban J connectivity index is 4.41. The molecular formula is C12H19NO3. The fourth-order valence-electron chi connectivity index (χ4n) is 1.14. The van der Waals surface area contributed by atoms with Crippen molar-refractivity contribution in [1.82, 2.24) is 5.32 Å². The SMILES string of the molecule is C/C=C/C=C/C(=O)N[C@H](C(=O)O)[C@@H](C)CC. The summed E-state index contributed by atoms with van der Waals surface area (Å²) >= 11 is 0. The van der Waals surface area contributed by atoms with Gasteiger partial charge < -0.3 is 10.4 Å². The lowest BCUT2D eigenvalue weighted by Gasteiger charge is -2.19. The van der Waals surface area contributed by atoms with E-state index >= 15 is 0 Å². The quantitative estimate of drug-likeness (QED) is 0.534. The highest BCUT2D eigenvalue weighted by Crippen LogP contribution is 2.07. The van der Waals surface area contributed by atoms with Crippen LogP contribution in [0.1, 0.15) is 27.2 Å². The summed E-state index contributed by atoms with van der Waals surface area (Å²) in [5.41, 5.74) is 0. The van der Waals surface area contributed by atoms with E-state index in [4.69, 9.17) is 5.11 Å². The predicted octanol–water partition coefficient (Wildman–Crippen LogP) is 1.73. The van der Waals surface area contributed by atoms with E-state index in [9.17, 15) is 9.59 Å². The van der Waals surface area contributed by atoms with Crippen molar-refractivity contribution in [2.24, 2.45) is 5.92 Å². The number of nitrogens with one attached hydrogen (secondary N) is 1. The molecule has 0 spiro atoms. The average molecular weight is 225 g/mol. The maximum atomic E-state index is 11.4. The molecule has 0 unspecified atom stereocenters. The maximum absolute atomic E-state index is 11.4. The molecule has 0 heterocycles. The second-order valence-electron chi connectivity index (χ2n) is 3.59. The van der Waals surface area contributed by atoms with Crippen molar-refractivity contribution in [3.05, 3.63) is 24.3 Å². The zero-order valence-corrected chi connectivity index (χ0v) is 9.93. The number of carbonyl (C=O) groups is 2. The van der Waals surface area contributed by atoms with E-state index in [1.54, 1.807) is 25.2 Å². The molecule has 0 aliphatic carbocycles. The third-order valence-electron chi connectivity index (χ3n) is 2.33. The summed E-state index contributed by atoms with van der Waals surface area (Å²) in [6, 6.07) is -0.826. The largest absolute Gasteiger partial charge is 0.480 e. The first-order valence-corrected chi connectivity index (χ1v) is 5.35. The lowest BCUT2D eigenvalue weighted by atomic mass is 9.99. The highest BCUT2D eigenvalue weighted by atomic mass is 16.4. The summed E-state index contributed by atoms with van der Waals surface area (Å²) in [6.45, 7) is 5.53.